The van der Waals surface area contributed by atoms with E-state index in [1.165, 1.54) is 6.08 Å². The van der Waals surface area contributed by atoms with E-state index >= 15 is 0 Å². The molecule has 0 bridgehead atoms. The average Bonchev–Trinajstić information content (AvgIpc) is 3.09. The Hall–Kier alpha value is 1.56. The van der Waals surface area contributed by atoms with Crippen LogP contribution in [-0.4, -0.2) is 158 Å². The van der Waals surface area contributed by atoms with Crippen molar-refractivity contribution >= 4 is 126 Å². The first kappa shape index (κ1) is 65.8. The third-order valence-corrected chi connectivity index (χ3v) is 11.7. The number of rotatable bonds is 15. The summed E-state index contributed by atoms with van der Waals surface area (Å²) >= 11 is 0. The summed E-state index contributed by atoms with van der Waals surface area (Å²) in [5, 5.41) is 0. The molecule has 3 N–H and O–H groups in total. The van der Waals surface area contributed by atoms with Crippen molar-refractivity contribution in [1.82, 2.24) is 0 Å². The van der Waals surface area contributed by atoms with E-state index in [-0.39, 0.29) is 114 Å². The molecule has 0 aliphatic carbocycles. The normalized spacial score (nSPS) is 22.3. The molecule has 0 aromatic carbocycles. The number of hydrogen-bond acceptors (Lipinski definition) is 11. The third-order valence-electron chi connectivity index (χ3n) is 10.2. The number of carbonyl (C=O) groups is 1. The molecule has 0 aromatic rings. The smallest absolute Gasteiger partial charge is 0.397 e. The maximum absolute atomic E-state index is 12.8. The Kier molecular flexibility index (Phi) is 44.8. The molecule has 4 unspecified atom stereocenters. The van der Waals surface area contributed by atoms with E-state index in [1.807, 2.05) is 19.1 Å². The fourth-order valence-electron chi connectivity index (χ4n) is 7.33. The van der Waals surface area contributed by atoms with Crippen LogP contribution in [-0.2, 0) is 53.3 Å². The van der Waals surface area contributed by atoms with Gasteiger partial charge in [-0.1, -0.05) is 140 Å². The van der Waals surface area contributed by atoms with Crippen LogP contribution in [0.15, 0.2) is 24.3 Å². The summed E-state index contributed by atoms with van der Waals surface area (Å²) in [6.07, 6.45) is 27.2. The van der Waals surface area contributed by atoms with Gasteiger partial charge >= 0.3 is 37.2 Å². The Labute approximate surface area is 430 Å². The molecule has 1 aliphatic rings. The fourth-order valence-corrected chi connectivity index (χ4v) is 8.89. The number of ether oxygens (including phenoxy) is 1. The first-order valence-electron chi connectivity index (χ1n) is 21.5. The number of esters is 1. The van der Waals surface area contributed by atoms with Crippen molar-refractivity contribution in [1.29, 1.82) is 0 Å². The maximum atomic E-state index is 12.8. The zero-order valence-electron chi connectivity index (χ0n) is 37.4. The molecule has 14 nitrogen and oxygen atoms in total. The molecule has 1 aliphatic heterocycles. The van der Waals surface area contributed by atoms with Gasteiger partial charge in [0.1, 0.15) is 6.10 Å². The van der Waals surface area contributed by atoms with Crippen molar-refractivity contribution in [2.45, 2.75) is 224 Å². The van der Waals surface area contributed by atoms with Gasteiger partial charge in [0.05, 0.1) is 18.3 Å². The molecular formula is C40H74Na3O14S3. The third kappa shape index (κ3) is 44.7. The van der Waals surface area contributed by atoms with Gasteiger partial charge in [-0.25, -0.2) is 17.3 Å². The monoisotopic (exact) mass is 943 g/mol. The first-order valence-corrected chi connectivity index (χ1v) is 25.6. The largest absolute Gasteiger partial charge is 0.459 e. The van der Waals surface area contributed by atoms with Gasteiger partial charge in [-0.2, -0.15) is 25.3 Å². The molecule has 1 rings (SSSR count). The Morgan fingerprint density at radius 2 is 1.07 bits per heavy atom. The van der Waals surface area contributed by atoms with Gasteiger partial charge in [-0.15, -0.1) is 0 Å². The van der Waals surface area contributed by atoms with Crippen LogP contribution in [0.25, 0.3) is 0 Å². The van der Waals surface area contributed by atoms with E-state index in [2.05, 4.69) is 6.08 Å². The van der Waals surface area contributed by atoms with E-state index < -0.39 is 61.6 Å². The zero-order chi connectivity index (χ0) is 42.3. The summed E-state index contributed by atoms with van der Waals surface area (Å²) in [7, 11) is -14.2. The van der Waals surface area contributed by atoms with E-state index in [0.717, 1.165) is 141 Å². The SMILES string of the molecule is CC=CCCCCCCC(CC1CCCCCCCCCCCC(OS(=O)(=O)O)CC(OS(=O)(=O)O)CCCCCCCCCCCC=CC(=O)O1)OS(=O)(=O)O.[Na].[Na].[Na]. The second-order valence-electron chi connectivity index (χ2n) is 15.4. The number of cyclic esters (lactones) is 1. The van der Waals surface area contributed by atoms with E-state index in [4.69, 9.17) is 17.3 Å². The first-order chi connectivity index (χ1) is 27.1. The van der Waals surface area contributed by atoms with Crippen molar-refractivity contribution in [3.63, 3.8) is 0 Å². The van der Waals surface area contributed by atoms with Crippen molar-refractivity contribution in [2.75, 3.05) is 0 Å². The minimum absolute atomic E-state index is 0. The van der Waals surface area contributed by atoms with Crippen LogP contribution < -0.4 is 0 Å². The number of allylic oxidation sites excluding steroid dienone is 3. The van der Waals surface area contributed by atoms with E-state index in [9.17, 15) is 43.7 Å². The van der Waals surface area contributed by atoms with E-state index in [0.29, 0.717) is 25.7 Å². The summed E-state index contributed by atoms with van der Waals surface area (Å²) < 4.78 is 118. The molecule has 4 atom stereocenters. The molecule has 339 valence electrons. The molecule has 20 heteroatoms. The predicted molar refractivity (Wildman–Crippen MR) is 239 cm³/mol. The second-order valence-corrected chi connectivity index (χ2v) is 18.6. The summed E-state index contributed by atoms with van der Waals surface area (Å²) in [5.74, 6) is -0.471. The molecule has 3 radical (unpaired) electrons. The van der Waals surface area contributed by atoms with Crippen LogP contribution in [0, 0.1) is 0 Å². The zero-order valence-corrected chi connectivity index (χ0v) is 45.8. The molecule has 0 fully saturated rings. The molecular weight excluding hydrogens is 870 g/mol. The standard InChI is InChI=1S/C40H74O14S3.3Na/c1-2-3-4-5-14-20-25-30-37(52-55(42,43)44)34-36-29-24-19-15-11-9-12-17-22-27-32-39(54-57(48,49)50)35-38(53-56(45,46)47)31-26-21-16-10-7-6-8-13-18-23-28-33-40(41)51-36;;;/h2-3,28,33,36-39H,4-27,29-32,34-35H2,1H3,(H,42,43,44)(H,45,46,47)(H,48,49,50);;;. The van der Waals surface area contributed by atoms with Crippen molar-refractivity contribution in [3.8, 4) is 0 Å². The number of unbranched alkanes of at least 4 members (excludes halogenated alkanes) is 4. The van der Waals surface area contributed by atoms with Crippen LogP contribution in [0.3, 0.4) is 0 Å². The summed E-state index contributed by atoms with van der Waals surface area (Å²) in [6, 6.07) is 0. The number of hydrogen-bond donors (Lipinski definition) is 3. The summed E-state index contributed by atoms with van der Waals surface area (Å²) in [5.41, 5.74) is 0. The molecule has 0 amide bonds. The predicted octanol–water partition coefficient (Wildman–Crippen LogP) is 9.17. The topological polar surface area (TPSA) is 217 Å². The van der Waals surface area contributed by atoms with Crippen LogP contribution in [0.1, 0.15) is 200 Å². The van der Waals surface area contributed by atoms with Crippen LogP contribution in [0.4, 0.5) is 0 Å². The van der Waals surface area contributed by atoms with Crippen molar-refractivity contribution < 1.29 is 61.0 Å². The van der Waals surface area contributed by atoms with Gasteiger partial charge in [-0.3, -0.25) is 13.7 Å². The van der Waals surface area contributed by atoms with Gasteiger partial charge in [0.25, 0.3) is 0 Å². The summed E-state index contributed by atoms with van der Waals surface area (Å²) in [4.78, 5) is 12.8. The second kappa shape index (κ2) is 40.8. The molecule has 60 heavy (non-hydrogen) atoms. The van der Waals surface area contributed by atoms with Crippen molar-refractivity contribution in [2.24, 2.45) is 0 Å². The maximum Gasteiger partial charge on any atom is 0.397 e. The molecule has 0 aromatic heterocycles. The minimum atomic E-state index is -4.79. The van der Waals surface area contributed by atoms with E-state index in [1.54, 1.807) is 0 Å². The molecule has 0 spiro atoms. The van der Waals surface area contributed by atoms with Gasteiger partial charge in [0, 0.05) is 108 Å². The Morgan fingerprint density at radius 1 is 0.633 bits per heavy atom. The molecule has 0 saturated heterocycles. The van der Waals surface area contributed by atoms with Gasteiger partial charge in [-0.05, 0) is 64.7 Å². The Bertz CT molecular complexity index is 1430. The average molecular weight is 944 g/mol. The summed E-state index contributed by atoms with van der Waals surface area (Å²) in [6.45, 7) is 1.98. The molecule has 1 heterocycles. The Balaban J connectivity index is -0.0000108. The van der Waals surface area contributed by atoms with Gasteiger partial charge < -0.3 is 4.74 Å². The minimum Gasteiger partial charge on any atom is -0.459 e. The number of carbonyl (C=O) groups excluding carboxylic acids is 1. The fraction of sp³-hybridized carbons (Fsp3) is 0.875. The molecule has 0 saturated carbocycles. The van der Waals surface area contributed by atoms with Crippen LogP contribution in [0.2, 0.25) is 0 Å². The Morgan fingerprint density at radius 3 is 1.52 bits per heavy atom. The van der Waals surface area contributed by atoms with Crippen molar-refractivity contribution in [3.05, 3.63) is 24.3 Å². The van der Waals surface area contributed by atoms with Gasteiger partial charge in [0.15, 0.2) is 0 Å². The quantitative estimate of drug-likeness (QED) is 0.0459. The van der Waals surface area contributed by atoms with Crippen LogP contribution >= 0.6 is 0 Å². The van der Waals surface area contributed by atoms with Crippen LogP contribution in [0.5, 0.6) is 0 Å². The van der Waals surface area contributed by atoms with Gasteiger partial charge in [0.2, 0.25) is 0 Å².